The van der Waals surface area contributed by atoms with Gasteiger partial charge in [-0.05, 0) is 26.0 Å². The zero-order chi connectivity index (χ0) is 19.7. The van der Waals surface area contributed by atoms with Gasteiger partial charge in [0.1, 0.15) is 5.69 Å². The third kappa shape index (κ3) is 4.60. The Morgan fingerprint density at radius 3 is 2.48 bits per heavy atom. The Hall–Kier alpha value is -2.54. The number of thiazole rings is 1. The summed E-state index contributed by atoms with van der Waals surface area (Å²) in [4.78, 5) is 17.1. The van der Waals surface area contributed by atoms with Crippen LogP contribution >= 0.6 is 11.3 Å². The van der Waals surface area contributed by atoms with E-state index < -0.39 is 5.54 Å². The van der Waals surface area contributed by atoms with Crippen LogP contribution in [-0.4, -0.2) is 25.9 Å². The average Bonchev–Trinajstić information content (AvgIpc) is 3.24. The normalized spacial score (nSPS) is 12.2. The summed E-state index contributed by atoms with van der Waals surface area (Å²) < 4.78 is 1.71. The van der Waals surface area contributed by atoms with Crippen molar-refractivity contribution in [2.45, 2.75) is 52.0 Å². The predicted molar refractivity (Wildman–Crippen MR) is 107 cm³/mol. The van der Waals surface area contributed by atoms with Crippen LogP contribution in [0.15, 0.2) is 41.9 Å². The molecule has 0 aliphatic carbocycles. The van der Waals surface area contributed by atoms with E-state index in [1.165, 1.54) is 0 Å². The van der Waals surface area contributed by atoms with Crippen LogP contribution in [-0.2, 0) is 22.2 Å². The molecule has 0 unspecified atom stereocenters. The molecule has 0 radical (unpaired) electrons. The van der Waals surface area contributed by atoms with Gasteiger partial charge in [-0.1, -0.05) is 44.2 Å². The van der Waals surface area contributed by atoms with E-state index in [1.807, 2.05) is 55.8 Å². The number of amides is 1. The van der Waals surface area contributed by atoms with Gasteiger partial charge in [0.15, 0.2) is 0 Å². The Kier molecular flexibility index (Phi) is 5.15. The molecule has 2 heterocycles. The molecule has 0 aliphatic rings. The number of hydrogen-bond donors (Lipinski definition) is 1. The highest BCUT2D eigenvalue weighted by Gasteiger charge is 2.27. The fourth-order valence-electron chi connectivity index (χ4n) is 2.61. The number of benzene rings is 1. The molecule has 0 fully saturated rings. The largest absolute Gasteiger partial charge is 0.345 e. The van der Waals surface area contributed by atoms with Gasteiger partial charge in [-0.2, -0.15) is 0 Å². The lowest BCUT2D eigenvalue weighted by Crippen LogP contribution is -2.42. The van der Waals surface area contributed by atoms with Gasteiger partial charge in [-0.25, -0.2) is 9.67 Å². The summed E-state index contributed by atoms with van der Waals surface area (Å²) in [6, 6.07) is 9.76. The molecule has 1 amide bonds. The van der Waals surface area contributed by atoms with Crippen molar-refractivity contribution in [3.8, 4) is 5.69 Å². The SMILES string of the molecule is CC(C)(C)c1nc(CC(=O)NC(C)(C)c2cn(-c3ccccc3)nn2)cs1. The van der Waals surface area contributed by atoms with Crippen LogP contribution < -0.4 is 5.32 Å². The summed E-state index contributed by atoms with van der Waals surface area (Å²) in [6.07, 6.45) is 2.10. The molecule has 0 bridgehead atoms. The number of aromatic nitrogens is 4. The fraction of sp³-hybridized carbons (Fsp3) is 0.400. The highest BCUT2D eigenvalue weighted by atomic mass is 32.1. The molecule has 0 atom stereocenters. The summed E-state index contributed by atoms with van der Waals surface area (Å²) in [7, 11) is 0. The summed E-state index contributed by atoms with van der Waals surface area (Å²) in [6.45, 7) is 10.2. The van der Waals surface area contributed by atoms with Crippen molar-refractivity contribution in [1.82, 2.24) is 25.3 Å². The summed E-state index contributed by atoms with van der Waals surface area (Å²) >= 11 is 1.60. The third-order valence-electron chi connectivity index (χ3n) is 4.14. The van der Waals surface area contributed by atoms with E-state index in [2.05, 4.69) is 41.4 Å². The van der Waals surface area contributed by atoms with E-state index in [0.717, 1.165) is 16.4 Å². The number of hydrogen-bond acceptors (Lipinski definition) is 5. The van der Waals surface area contributed by atoms with Gasteiger partial charge >= 0.3 is 0 Å². The number of carbonyl (C=O) groups is 1. The molecule has 0 saturated heterocycles. The molecule has 0 saturated carbocycles. The average molecular weight is 384 g/mol. The Bertz CT molecular complexity index is 921. The summed E-state index contributed by atoms with van der Waals surface area (Å²) in [5.41, 5.74) is 1.79. The maximum Gasteiger partial charge on any atom is 0.226 e. The molecule has 7 heteroatoms. The molecule has 1 aromatic carbocycles. The topological polar surface area (TPSA) is 72.7 Å². The van der Waals surface area contributed by atoms with Crippen LogP contribution in [0.3, 0.4) is 0 Å². The van der Waals surface area contributed by atoms with Crippen molar-refractivity contribution in [2.24, 2.45) is 0 Å². The lowest BCUT2D eigenvalue weighted by molar-refractivity contribution is -0.122. The molecule has 6 nitrogen and oxygen atoms in total. The summed E-state index contributed by atoms with van der Waals surface area (Å²) in [5.74, 6) is -0.0833. The number of nitrogens with zero attached hydrogens (tertiary/aromatic N) is 4. The Balaban J connectivity index is 1.68. The van der Waals surface area contributed by atoms with E-state index in [9.17, 15) is 4.79 Å². The van der Waals surface area contributed by atoms with Crippen LogP contribution in [0.1, 0.15) is 51.0 Å². The number of carbonyl (C=O) groups excluding carboxylic acids is 1. The molecular formula is C20H25N5OS. The van der Waals surface area contributed by atoms with E-state index in [4.69, 9.17) is 0 Å². The molecule has 142 valence electrons. The van der Waals surface area contributed by atoms with Crippen molar-refractivity contribution in [1.29, 1.82) is 0 Å². The van der Waals surface area contributed by atoms with Gasteiger partial charge in [0.05, 0.1) is 34.5 Å². The minimum Gasteiger partial charge on any atom is -0.345 e. The van der Waals surface area contributed by atoms with Crippen molar-refractivity contribution in [3.05, 3.63) is 58.3 Å². The van der Waals surface area contributed by atoms with E-state index in [1.54, 1.807) is 16.0 Å². The van der Waals surface area contributed by atoms with E-state index in [0.29, 0.717) is 5.69 Å². The van der Waals surface area contributed by atoms with Gasteiger partial charge in [0.2, 0.25) is 5.91 Å². The number of para-hydroxylation sites is 1. The molecule has 3 aromatic rings. The molecule has 0 spiro atoms. The second-order valence-corrected chi connectivity index (χ2v) is 8.99. The minimum atomic E-state index is -0.632. The molecule has 27 heavy (non-hydrogen) atoms. The predicted octanol–water partition coefficient (Wildman–Crippen LogP) is 3.62. The molecule has 3 rings (SSSR count). The Labute approximate surface area is 163 Å². The highest BCUT2D eigenvalue weighted by Crippen LogP contribution is 2.26. The van der Waals surface area contributed by atoms with Gasteiger partial charge < -0.3 is 5.32 Å². The Morgan fingerprint density at radius 1 is 1.15 bits per heavy atom. The smallest absolute Gasteiger partial charge is 0.226 e. The van der Waals surface area contributed by atoms with Gasteiger partial charge in [0.25, 0.3) is 0 Å². The number of rotatable bonds is 5. The lowest BCUT2D eigenvalue weighted by Gasteiger charge is -2.23. The van der Waals surface area contributed by atoms with Crippen molar-refractivity contribution in [2.75, 3.05) is 0 Å². The quantitative estimate of drug-likeness (QED) is 0.730. The molecule has 1 N–H and O–H groups in total. The summed E-state index contributed by atoms with van der Waals surface area (Å²) in [5, 5.41) is 14.5. The molecule has 2 aromatic heterocycles. The third-order valence-corrected chi connectivity index (χ3v) is 5.46. The maximum absolute atomic E-state index is 12.5. The van der Waals surface area contributed by atoms with Gasteiger partial charge in [-0.3, -0.25) is 4.79 Å². The van der Waals surface area contributed by atoms with E-state index in [-0.39, 0.29) is 17.7 Å². The van der Waals surface area contributed by atoms with Crippen LogP contribution in [0.2, 0.25) is 0 Å². The monoisotopic (exact) mass is 383 g/mol. The van der Waals surface area contributed by atoms with Gasteiger partial charge in [0, 0.05) is 10.8 Å². The molecule has 0 aliphatic heterocycles. The lowest BCUT2D eigenvalue weighted by atomic mass is 9.98. The van der Waals surface area contributed by atoms with Crippen molar-refractivity contribution in [3.63, 3.8) is 0 Å². The van der Waals surface area contributed by atoms with Crippen LogP contribution in [0.25, 0.3) is 5.69 Å². The second-order valence-electron chi connectivity index (χ2n) is 8.13. The number of nitrogens with one attached hydrogen (secondary N) is 1. The van der Waals surface area contributed by atoms with Crippen LogP contribution in [0, 0.1) is 0 Å². The minimum absolute atomic E-state index is 0.00535. The van der Waals surface area contributed by atoms with Crippen molar-refractivity contribution < 1.29 is 4.79 Å². The molecular weight excluding hydrogens is 358 g/mol. The first-order valence-electron chi connectivity index (χ1n) is 8.89. The first-order chi connectivity index (χ1) is 12.6. The maximum atomic E-state index is 12.5. The van der Waals surface area contributed by atoms with Gasteiger partial charge in [-0.15, -0.1) is 16.4 Å². The van der Waals surface area contributed by atoms with Crippen LogP contribution in [0.5, 0.6) is 0 Å². The zero-order valence-corrected chi connectivity index (χ0v) is 17.2. The zero-order valence-electron chi connectivity index (χ0n) is 16.4. The standard InChI is InChI=1S/C20H25N5OS/c1-19(2,3)18-21-14(13-27-18)11-17(26)22-20(4,5)16-12-25(24-23-16)15-9-7-6-8-10-15/h6-10,12-13H,11H2,1-5H3,(H,22,26). The first kappa shape index (κ1) is 19.2. The highest BCUT2D eigenvalue weighted by molar-refractivity contribution is 7.09. The Morgan fingerprint density at radius 2 is 1.85 bits per heavy atom. The first-order valence-corrected chi connectivity index (χ1v) is 9.77. The second kappa shape index (κ2) is 7.23. The van der Waals surface area contributed by atoms with Crippen LogP contribution in [0.4, 0.5) is 0 Å². The fourth-order valence-corrected chi connectivity index (χ4v) is 3.52. The van der Waals surface area contributed by atoms with Crippen molar-refractivity contribution >= 4 is 17.2 Å². The van der Waals surface area contributed by atoms with E-state index >= 15 is 0 Å².